The summed E-state index contributed by atoms with van der Waals surface area (Å²) in [5.74, 6) is 0.00435. The van der Waals surface area contributed by atoms with Gasteiger partial charge in [-0.25, -0.2) is 4.39 Å². The molecule has 0 aromatic carbocycles. The highest BCUT2D eigenvalue weighted by Crippen LogP contribution is 2.01. The SMILES string of the molecule is O=C1NCCCC1NCCF. The number of hydrogen-bond acceptors (Lipinski definition) is 2. The molecule has 4 heteroatoms. The number of carbonyl (C=O) groups excluding carboxylic acids is 1. The minimum absolute atomic E-state index is 0.00435. The maximum Gasteiger partial charge on any atom is 0.237 e. The third kappa shape index (κ3) is 2.46. The van der Waals surface area contributed by atoms with E-state index in [1.807, 2.05) is 0 Å². The first-order valence-electron chi connectivity index (χ1n) is 3.91. The molecule has 2 N–H and O–H groups in total. The molecule has 1 aliphatic rings. The fourth-order valence-corrected chi connectivity index (χ4v) is 1.20. The monoisotopic (exact) mass is 160 g/mol. The average molecular weight is 160 g/mol. The Morgan fingerprint density at radius 1 is 1.73 bits per heavy atom. The summed E-state index contributed by atoms with van der Waals surface area (Å²) in [5, 5.41) is 5.55. The van der Waals surface area contributed by atoms with Gasteiger partial charge in [-0.1, -0.05) is 0 Å². The maximum atomic E-state index is 11.7. The second kappa shape index (κ2) is 4.28. The molecule has 1 aliphatic heterocycles. The van der Waals surface area contributed by atoms with E-state index in [9.17, 15) is 9.18 Å². The normalized spacial score (nSPS) is 24.8. The van der Waals surface area contributed by atoms with Gasteiger partial charge in [0.2, 0.25) is 5.91 Å². The molecule has 0 radical (unpaired) electrons. The molecule has 0 aromatic heterocycles. The van der Waals surface area contributed by atoms with Crippen LogP contribution in [0.1, 0.15) is 12.8 Å². The maximum absolute atomic E-state index is 11.7. The topological polar surface area (TPSA) is 41.1 Å². The molecule has 1 rings (SSSR count). The largest absolute Gasteiger partial charge is 0.355 e. The van der Waals surface area contributed by atoms with E-state index in [1.54, 1.807) is 0 Å². The summed E-state index contributed by atoms with van der Waals surface area (Å²) in [6.07, 6.45) is 1.81. The van der Waals surface area contributed by atoms with Crippen LogP contribution in [0.3, 0.4) is 0 Å². The van der Waals surface area contributed by atoms with E-state index in [0.29, 0.717) is 0 Å². The van der Waals surface area contributed by atoms with Crippen molar-refractivity contribution >= 4 is 5.91 Å². The van der Waals surface area contributed by atoms with Gasteiger partial charge in [0.15, 0.2) is 0 Å². The first-order valence-corrected chi connectivity index (χ1v) is 3.91. The standard InChI is InChI=1S/C7H13FN2O/c8-3-5-9-6-2-1-4-10-7(6)11/h6,9H,1-5H2,(H,10,11). The van der Waals surface area contributed by atoms with Crippen LogP contribution in [0.2, 0.25) is 0 Å². The zero-order valence-electron chi connectivity index (χ0n) is 6.40. The summed E-state index contributed by atoms with van der Waals surface area (Å²) in [5.41, 5.74) is 0. The molecule has 1 amide bonds. The van der Waals surface area contributed by atoms with Crippen LogP contribution < -0.4 is 10.6 Å². The molecule has 1 heterocycles. The number of carbonyl (C=O) groups is 1. The number of hydrogen-bond donors (Lipinski definition) is 2. The molecule has 0 saturated carbocycles. The molecule has 11 heavy (non-hydrogen) atoms. The van der Waals surface area contributed by atoms with Crippen LogP contribution >= 0.6 is 0 Å². The van der Waals surface area contributed by atoms with Crippen LogP contribution in [0.5, 0.6) is 0 Å². The molecule has 0 bridgehead atoms. The molecule has 1 fully saturated rings. The number of rotatable bonds is 3. The van der Waals surface area contributed by atoms with Crippen molar-refractivity contribution in [1.82, 2.24) is 10.6 Å². The van der Waals surface area contributed by atoms with Crippen molar-refractivity contribution in [1.29, 1.82) is 0 Å². The van der Waals surface area contributed by atoms with E-state index in [0.717, 1.165) is 19.4 Å². The van der Waals surface area contributed by atoms with E-state index in [4.69, 9.17) is 0 Å². The molecular formula is C7H13FN2O. The molecular weight excluding hydrogens is 147 g/mol. The lowest BCUT2D eigenvalue weighted by atomic mass is 10.1. The van der Waals surface area contributed by atoms with Crippen LogP contribution in [0, 0.1) is 0 Å². The molecule has 1 atom stereocenters. The number of alkyl halides is 1. The van der Waals surface area contributed by atoms with Gasteiger partial charge in [0.25, 0.3) is 0 Å². The summed E-state index contributed by atoms with van der Waals surface area (Å²) in [7, 11) is 0. The van der Waals surface area contributed by atoms with E-state index in [-0.39, 0.29) is 18.5 Å². The van der Waals surface area contributed by atoms with Crippen molar-refractivity contribution in [3.8, 4) is 0 Å². The zero-order chi connectivity index (χ0) is 8.10. The molecule has 1 unspecified atom stereocenters. The lowest BCUT2D eigenvalue weighted by Gasteiger charge is -2.22. The lowest BCUT2D eigenvalue weighted by Crippen LogP contribution is -2.48. The smallest absolute Gasteiger partial charge is 0.237 e. The first-order chi connectivity index (χ1) is 5.34. The average Bonchev–Trinajstić information content (AvgIpc) is 2.03. The van der Waals surface area contributed by atoms with E-state index in [2.05, 4.69) is 10.6 Å². The number of amides is 1. The van der Waals surface area contributed by atoms with Gasteiger partial charge in [0.1, 0.15) is 6.67 Å². The highest BCUT2D eigenvalue weighted by atomic mass is 19.1. The van der Waals surface area contributed by atoms with E-state index >= 15 is 0 Å². The third-order valence-electron chi connectivity index (χ3n) is 1.77. The molecule has 3 nitrogen and oxygen atoms in total. The molecule has 0 spiro atoms. The van der Waals surface area contributed by atoms with Crippen LogP contribution in [0.25, 0.3) is 0 Å². The van der Waals surface area contributed by atoms with Gasteiger partial charge in [-0.05, 0) is 12.8 Å². The van der Waals surface area contributed by atoms with E-state index < -0.39 is 6.67 Å². The molecule has 1 saturated heterocycles. The Morgan fingerprint density at radius 3 is 3.18 bits per heavy atom. The van der Waals surface area contributed by atoms with Gasteiger partial charge in [0, 0.05) is 13.1 Å². The number of halogens is 1. The van der Waals surface area contributed by atoms with Gasteiger partial charge in [-0.2, -0.15) is 0 Å². The fourth-order valence-electron chi connectivity index (χ4n) is 1.20. The van der Waals surface area contributed by atoms with Crippen LogP contribution in [0.4, 0.5) is 4.39 Å². The van der Waals surface area contributed by atoms with Gasteiger partial charge in [-0.15, -0.1) is 0 Å². The van der Waals surface area contributed by atoms with Crippen molar-refractivity contribution in [2.75, 3.05) is 19.8 Å². The highest BCUT2D eigenvalue weighted by molar-refractivity contribution is 5.82. The van der Waals surface area contributed by atoms with Crippen molar-refractivity contribution in [2.24, 2.45) is 0 Å². The molecule has 64 valence electrons. The minimum atomic E-state index is -0.413. The molecule has 0 aliphatic carbocycles. The van der Waals surface area contributed by atoms with Crippen molar-refractivity contribution in [3.63, 3.8) is 0 Å². The Morgan fingerprint density at radius 2 is 2.55 bits per heavy atom. The zero-order valence-corrected chi connectivity index (χ0v) is 6.40. The Balaban J connectivity index is 2.24. The first kappa shape index (κ1) is 8.46. The Bertz CT molecular complexity index is 140. The van der Waals surface area contributed by atoms with Crippen LogP contribution in [0.15, 0.2) is 0 Å². The van der Waals surface area contributed by atoms with Crippen molar-refractivity contribution in [3.05, 3.63) is 0 Å². The predicted molar refractivity (Wildman–Crippen MR) is 40.0 cm³/mol. The fraction of sp³-hybridized carbons (Fsp3) is 0.857. The highest BCUT2D eigenvalue weighted by Gasteiger charge is 2.20. The summed E-state index contributed by atoms with van der Waals surface area (Å²) < 4.78 is 11.7. The summed E-state index contributed by atoms with van der Waals surface area (Å²) in [6, 6.07) is -0.167. The second-order valence-electron chi connectivity index (χ2n) is 2.63. The van der Waals surface area contributed by atoms with Crippen molar-refractivity contribution < 1.29 is 9.18 Å². The second-order valence-corrected chi connectivity index (χ2v) is 2.63. The van der Waals surface area contributed by atoms with Gasteiger partial charge in [-0.3, -0.25) is 4.79 Å². The van der Waals surface area contributed by atoms with Crippen molar-refractivity contribution in [2.45, 2.75) is 18.9 Å². The van der Waals surface area contributed by atoms with Gasteiger partial charge >= 0.3 is 0 Å². The minimum Gasteiger partial charge on any atom is -0.355 e. The third-order valence-corrected chi connectivity index (χ3v) is 1.77. The quantitative estimate of drug-likeness (QED) is 0.601. The number of piperidine rings is 1. The summed E-state index contributed by atoms with van der Waals surface area (Å²) >= 11 is 0. The summed E-state index contributed by atoms with van der Waals surface area (Å²) in [4.78, 5) is 11.0. The Hall–Kier alpha value is -0.640. The van der Waals surface area contributed by atoms with Crippen LogP contribution in [-0.2, 0) is 4.79 Å². The number of nitrogens with one attached hydrogen (secondary N) is 2. The molecule has 0 aromatic rings. The van der Waals surface area contributed by atoms with Gasteiger partial charge < -0.3 is 10.6 Å². The Labute approximate surface area is 65.3 Å². The lowest BCUT2D eigenvalue weighted by molar-refractivity contribution is -0.124. The summed E-state index contributed by atoms with van der Waals surface area (Å²) in [6.45, 7) is 0.620. The Kier molecular flexibility index (Phi) is 3.29. The van der Waals surface area contributed by atoms with Crippen LogP contribution in [-0.4, -0.2) is 31.7 Å². The van der Waals surface area contributed by atoms with Gasteiger partial charge in [0.05, 0.1) is 6.04 Å². The predicted octanol–water partition coefficient (Wildman–Crippen LogP) is -0.176. The van der Waals surface area contributed by atoms with E-state index in [1.165, 1.54) is 0 Å².